The summed E-state index contributed by atoms with van der Waals surface area (Å²) >= 11 is 0. The van der Waals surface area contributed by atoms with Crippen molar-refractivity contribution in [2.45, 2.75) is 25.4 Å². The maximum atomic E-state index is 13.0. The van der Waals surface area contributed by atoms with E-state index in [1.807, 2.05) is 0 Å². The molecule has 9 heteroatoms. The molecule has 0 bridgehead atoms. The number of carbonyl (C=O) groups excluding carboxylic acids is 3. The predicted octanol–water partition coefficient (Wildman–Crippen LogP) is 1.70. The first-order valence-corrected chi connectivity index (χ1v) is 9.25. The molecule has 1 aromatic carbocycles. The van der Waals surface area contributed by atoms with Gasteiger partial charge in [-0.15, -0.1) is 0 Å². The molecule has 2 atom stereocenters. The summed E-state index contributed by atoms with van der Waals surface area (Å²) in [5, 5.41) is 5.40. The zero-order valence-electron chi connectivity index (χ0n) is 16.1. The molecule has 0 unspecified atom stereocenters. The Labute approximate surface area is 166 Å². The number of urea groups is 1. The molecule has 0 saturated carbocycles. The van der Waals surface area contributed by atoms with Gasteiger partial charge in [-0.05, 0) is 43.7 Å². The quantitative estimate of drug-likeness (QED) is 0.741. The number of benzene rings is 1. The van der Waals surface area contributed by atoms with E-state index < -0.39 is 29.9 Å². The number of fused-ring (bicyclic) bond motifs is 1. The molecule has 29 heavy (non-hydrogen) atoms. The van der Waals surface area contributed by atoms with Gasteiger partial charge in [-0.3, -0.25) is 14.5 Å². The van der Waals surface area contributed by atoms with Crippen molar-refractivity contribution in [3.05, 3.63) is 47.9 Å². The first-order valence-electron chi connectivity index (χ1n) is 9.25. The van der Waals surface area contributed by atoms with Crippen LogP contribution in [0.5, 0.6) is 11.5 Å². The minimum Gasteiger partial charge on any atom is -0.486 e. The summed E-state index contributed by atoms with van der Waals surface area (Å²) < 4.78 is 16.3. The Morgan fingerprint density at radius 3 is 2.72 bits per heavy atom. The predicted molar refractivity (Wildman–Crippen MR) is 100 cm³/mol. The Hall–Kier alpha value is -3.49. The first kappa shape index (κ1) is 18.9. The van der Waals surface area contributed by atoms with E-state index >= 15 is 0 Å². The molecule has 1 aromatic heterocycles. The number of amides is 4. The number of carbonyl (C=O) groups is 3. The van der Waals surface area contributed by atoms with Crippen molar-refractivity contribution >= 4 is 17.8 Å². The Morgan fingerprint density at radius 1 is 1.24 bits per heavy atom. The summed E-state index contributed by atoms with van der Waals surface area (Å²) in [5.41, 5.74) is -0.758. The van der Waals surface area contributed by atoms with Crippen LogP contribution in [0.25, 0.3) is 0 Å². The van der Waals surface area contributed by atoms with Gasteiger partial charge in [0.05, 0.1) is 12.3 Å². The van der Waals surface area contributed by atoms with E-state index in [1.54, 1.807) is 44.2 Å². The number of ether oxygens (including phenoxy) is 2. The van der Waals surface area contributed by atoms with Crippen LogP contribution >= 0.6 is 0 Å². The summed E-state index contributed by atoms with van der Waals surface area (Å²) in [7, 11) is 0. The fraction of sp³-hybridized carbons (Fsp3) is 0.350. The van der Waals surface area contributed by atoms with Crippen molar-refractivity contribution in [3.63, 3.8) is 0 Å². The molecule has 0 aliphatic carbocycles. The van der Waals surface area contributed by atoms with Crippen LogP contribution < -0.4 is 20.1 Å². The van der Waals surface area contributed by atoms with E-state index in [-0.39, 0.29) is 6.04 Å². The molecular weight excluding hydrogens is 378 g/mol. The van der Waals surface area contributed by atoms with Crippen LogP contribution in [-0.4, -0.2) is 42.5 Å². The smallest absolute Gasteiger partial charge is 0.325 e. The van der Waals surface area contributed by atoms with E-state index in [9.17, 15) is 14.4 Å². The highest BCUT2D eigenvalue weighted by molar-refractivity contribution is 6.09. The third kappa shape index (κ3) is 3.39. The van der Waals surface area contributed by atoms with Gasteiger partial charge in [0.2, 0.25) is 5.91 Å². The van der Waals surface area contributed by atoms with Crippen LogP contribution in [0.2, 0.25) is 0 Å². The average Bonchev–Trinajstić information content (AvgIpc) is 3.32. The number of furan rings is 1. The maximum absolute atomic E-state index is 13.0. The largest absolute Gasteiger partial charge is 0.486 e. The summed E-state index contributed by atoms with van der Waals surface area (Å²) in [6.07, 6.45) is 1.51. The number of hydrogen-bond acceptors (Lipinski definition) is 6. The lowest BCUT2D eigenvalue weighted by Crippen LogP contribution is -2.43. The fourth-order valence-corrected chi connectivity index (χ4v) is 3.43. The van der Waals surface area contributed by atoms with Crippen LogP contribution in [0.3, 0.4) is 0 Å². The molecule has 0 spiro atoms. The standard InChI is InChI=1S/C20H21N3O6/c1-12(14-4-3-7-27-14)21-17(24)11-23-18(25)20(2,22-19(23)26)13-5-6-15-16(10-13)29-9-8-28-15/h3-7,10,12H,8-9,11H2,1-2H3,(H,21,24)(H,22,26)/t12-,20-/m1/s1. The monoisotopic (exact) mass is 399 g/mol. The number of nitrogens with one attached hydrogen (secondary N) is 2. The van der Waals surface area contributed by atoms with E-state index in [4.69, 9.17) is 13.9 Å². The Kier molecular flexibility index (Phi) is 4.65. The summed E-state index contributed by atoms with van der Waals surface area (Å²) in [5.74, 6) is 0.699. The van der Waals surface area contributed by atoms with Crippen molar-refractivity contribution in [2.24, 2.45) is 0 Å². The van der Waals surface area contributed by atoms with Crippen molar-refractivity contribution in [2.75, 3.05) is 19.8 Å². The molecule has 2 aliphatic rings. The van der Waals surface area contributed by atoms with E-state index in [2.05, 4.69) is 10.6 Å². The second kappa shape index (κ2) is 7.16. The van der Waals surface area contributed by atoms with Gasteiger partial charge in [-0.2, -0.15) is 0 Å². The lowest BCUT2D eigenvalue weighted by molar-refractivity contribution is -0.135. The lowest BCUT2D eigenvalue weighted by Gasteiger charge is -2.25. The summed E-state index contributed by atoms with van der Waals surface area (Å²) in [6.45, 7) is 3.83. The first-order chi connectivity index (χ1) is 13.9. The van der Waals surface area contributed by atoms with Crippen LogP contribution in [-0.2, 0) is 15.1 Å². The second-order valence-corrected chi connectivity index (χ2v) is 7.11. The molecule has 152 valence electrons. The fourth-order valence-electron chi connectivity index (χ4n) is 3.43. The van der Waals surface area contributed by atoms with Crippen molar-refractivity contribution < 1.29 is 28.3 Å². The molecule has 4 amide bonds. The van der Waals surface area contributed by atoms with Gasteiger partial charge < -0.3 is 24.5 Å². The molecule has 0 radical (unpaired) electrons. The Balaban J connectivity index is 1.48. The number of hydrogen-bond donors (Lipinski definition) is 2. The van der Waals surface area contributed by atoms with Crippen molar-refractivity contribution in [3.8, 4) is 11.5 Å². The van der Waals surface area contributed by atoms with Gasteiger partial charge >= 0.3 is 6.03 Å². The van der Waals surface area contributed by atoms with Gasteiger partial charge in [-0.1, -0.05) is 6.07 Å². The number of rotatable bonds is 5. The molecule has 1 saturated heterocycles. The van der Waals surface area contributed by atoms with E-state index in [1.165, 1.54) is 6.26 Å². The molecule has 3 heterocycles. The molecule has 9 nitrogen and oxygen atoms in total. The number of imide groups is 1. The zero-order chi connectivity index (χ0) is 20.6. The summed E-state index contributed by atoms with van der Waals surface area (Å²) in [6, 6.07) is 7.51. The van der Waals surface area contributed by atoms with Crippen LogP contribution in [0.15, 0.2) is 41.0 Å². The second-order valence-electron chi connectivity index (χ2n) is 7.11. The summed E-state index contributed by atoms with van der Waals surface area (Å²) in [4.78, 5) is 38.8. The van der Waals surface area contributed by atoms with Crippen molar-refractivity contribution in [1.82, 2.24) is 15.5 Å². The highest BCUT2D eigenvalue weighted by Gasteiger charge is 2.49. The Morgan fingerprint density at radius 2 is 2.00 bits per heavy atom. The highest BCUT2D eigenvalue weighted by atomic mass is 16.6. The van der Waals surface area contributed by atoms with E-state index in [0.29, 0.717) is 36.0 Å². The molecule has 1 fully saturated rings. The zero-order valence-corrected chi connectivity index (χ0v) is 16.1. The van der Waals surface area contributed by atoms with E-state index in [0.717, 1.165) is 4.90 Å². The lowest BCUT2D eigenvalue weighted by atomic mass is 9.91. The van der Waals surface area contributed by atoms with Gasteiger partial charge in [0.1, 0.15) is 31.1 Å². The molecule has 4 rings (SSSR count). The van der Waals surface area contributed by atoms with Crippen molar-refractivity contribution in [1.29, 1.82) is 0 Å². The van der Waals surface area contributed by atoms with Crippen LogP contribution in [0, 0.1) is 0 Å². The molecule has 2 aromatic rings. The minimum absolute atomic E-state index is 0.387. The maximum Gasteiger partial charge on any atom is 0.325 e. The molecule has 2 aliphatic heterocycles. The third-order valence-corrected chi connectivity index (χ3v) is 5.04. The van der Waals surface area contributed by atoms with Crippen LogP contribution in [0.4, 0.5) is 4.79 Å². The van der Waals surface area contributed by atoms with Gasteiger partial charge in [0, 0.05) is 0 Å². The normalized spacial score (nSPS) is 21.7. The average molecular weight is 399 g/mol. The highest BCUT2D eigenvalue weighted by Crippen LogP contribution is 2.36. The topological polar surface area (TPSA) is 110 Å². The molecule has 2 N–H and O–H groups in total. The Bertz CT molecular complexity index is 957. The van der Waals surface area contributed by atoms with Gasteiger partial charge in [0.25, 0.3) is 5.91 Å². The number of nitrogens with zero attached hydrogens (tertiary/aromatic N) is 1. The molecular formula is C20H21N3O6. The van der Waals surface area contributed by atoms with Crippen LogP contribution in [0.1, 0.15) is 31.2 Å². The SMILES string of the molecule is C[C@@H](NC(=O)CN1C(=O)N[C@](C)(c2ccc3c(c2)OCCO3)C1=O)c1ccco1. The minimum atomic E-state index is -1.31. The third-order valence-electron chi connectivity index (χ3n) is 5.04. The van der Waals surface area contributed by atoms with Gasteiger partial charge in [-0.25, -0.2) is 4.79 Å². The van der Waals surface area contributed by atoms with Gasteiger partial charge in [0.15, 0.2) is 11.5 Å².